The summed E-state index contributed by atoms with van der Waals surface area (Å²) in [6, 6.07) is 12.7. The summed E-state index contributed by atoms with van der Waals surface area (Å²) < 4.78 is 51.0. The second-order valence-corrected chi connectivity index (χ2v) is 5.47. The van der Waals surface area contributed by atoms with E-state index in [4.69, 9.17) is 0 Å². The highest BCUT2D eigenvalue weighted by molar-refractivity contribution is 6.02. The third kappa shape index (κ3) is 4.78. The average Bonchev–Trinajstić information content (AvgIpc) is 2.64. The number of carbonyl (C=O) groups excluding carboxylic acids is 1. The molecule has 0 aliphatic rings. The van der Waals surface area contributed by atoms with Gasteiger partial charge in [0.2, 0.25) is 0 Å². The maximum absolute atomic E-state index is 12.9. The first-order valence-corrected chi connectivity index (χ1v) is 7.66. The molecule has 1 heterocycles. The summed E-state index contributed by atoms with van der Waals surface area (Å²) in [7, 11) is 0. The van der Waals surface area contributed by atoms with Crippen molar-refractivity contribution in [3.05, 3.63) is 77.7 Å². The predicted octanol–water partition coefficient (Wildman–Crippen LogP) is 4.63. The van der Waals surface area contributed by atoms with Crippen LogP contribution < -0.4 is 10.6 Å². The Labute approximate surface area is 151 Å². The Kier molecular flexibility index (Phi) is 5.02. The number of nitrogens with one attached hydrogen (secondary N) is 2. The van der Waals surface area contributed by atoms with Gasteiger partial charge >= 0.3 is 6.18 Å². The van der Waals surface area contributed by atoms with Crippen molar-refractivity contribution in [2.24, 2.45) is 0 Å². The highest BCUT2D eigenvalue weighted by Crippen LogP contribution is 2.30. The molecule has 0 saturated heterocycles. The lowest BCUT2D eigenvalue weighted by atomic mass is 10.2. The summed E-state index contributed by atoms with van der Waals surface area (Å²) in [5, 5.41) is 12.8. The second-order valence-electron chi connectivity index (χ2n) is 5.47. The molecule has 0 radical (unpaired) electrons. The minimum atomic E-state index is -4.51. The molecule has 0 fully saturated rings. The van der Waals surface area contributed by atoms with Gasteiger partial charge in [-0.25, -0.2) is 4.39 Å². The first-order chi connectivity index (χ1) is 12.8. The molecule has 27 heavy (non-hydrogen) atoms. The van der Waals surface area contributed by atoms with E-state index < -0.39 is 17.6 Å². The van der Waals surface area contributed by atoms with Crippen molar-refractivity contribution in [2.45, 2.75) is 6.18 Å². The number of hydrogen-bond acceptors (Lipinski definition) is 4. The number of rotatable bonds is 4. The standard InChI is InChI=1S/C18H12F4N4O/c19-12-4-6-13(7-5-12)23-16-9-8-15(25-26-16)17(27)24-14-3-1-2-11(10-14)18(20,21)22/h1-10H,(H,23,26)(H,24,27). The van der Waals surface area contributed by atoms with Gasteiger partial charge in [0.15, 0.2) is 11.5 Å². The molecule has 0 aliphatic carbocycles. The molecule has 9 heteroatoms. The molecule has 2 N–H and O–H groups in total. The first kappa shape index (κ1) is 18.3. The van der Waals surface area contributed by atoms with Crippen LogP contribution in [0.5, 0.6) is 0 Å². The third-order valence-electron chi connectivity index (χ3n) is 3.46. The van der Waals surface area contributed by atoms with Crippen LogP contribution in [0.25, 0.3) is 0 Å². The van der Waals surface area contributed by atoms with Gasteiger partial charge < -0.3 is 10.6 Å². The summed E-state index contributed by atoms with van der Waals surface area (Å²) in [6.45, 7) is 0. The number of amides is 1. The molecular weight excluding hydrogens is 364 g/mol. The Morgan fingerprint density at radius 2 is 1.63 bits per heavy atom. The molecular formula is C18H12F4N4O. The fourth-order valence-electron chi connectivity index (χ4n) is 2.17. The number of hydrogen-bond donors (Lipinski definition) is 2. The van der Waals surface area contributed by atoms with Crippen molar-refractivity contribution in [3.63, 3.8) is 0 Å². The number of benzene rings is 2. The summed E-state index contributed by atoms with van der Waals surface area (Å²) in [5.74, 6) is -0.763. The number of anilines is 3. The van der Waals surface area contributed by atoms with E-state index in [0.29, 0.717) is 11.5 Å². The zero-order valence-electron chi connectivity index (χ0n) is 13.6. The highest BCUT2D eigenvalue weighted by Gasteiger charge is 2.30. The number of alkyl halides is 3. The Balaban J connectivity index is 1.68. The van der Waals surface area contributed by atoms with Crippen molar-refractivity contribution < 1.29 is 22.4 Å². The Morgan fingerprint density at radius 1 is 0.889 bits per heavy atom. The molecule has 3 aromatic rings. The minimum Gasteiger partial charge on any atom is -0.339 e. The fourth-order valence-corrected chi connectivity index (χ4v) is 2.17. The van der Waals surface area contributed by atoms with Crippen LogP contribution >= 0.6 is 0 Å². The van der Waals surface area contributed by atoms with Crippen LogP contribution in [-0.2, 0) is 6.18 Å². The lowest BCUT2D eigenvalue weighted by Crippen LogP contribution is -2.15. The van der Waals surface area contributed by atoms with E-state index in [-0.39, 0.29) is 17.2 Å². The summed E-state index contributed by atoms with van der Waals surface area (Å²) in [4.78, 5) is 12.1. The van der Waals surface area contributed by atoms with E-state index in [0.717, 1.165) is 12.1 Å². The molecule has 0 saturated carbocycles. The molecule has 0 atom stereocenters. The number of halogens is 4. The van der Waals surface area contributed by atoms with Gasteiger partial charge in [-0.05, 0) is 54.6 Å². The molecule has 0 bridgehead atoms. The lowest BCUT2D eigenvalue weighted by Gasteiger charge is -2.10. The third-order valence-corrected chi connectivity index (χ3v) is 3.46. The maximum Gasteiger partial charge on any atom is 0.416 e. The van der Waals surface area contributed by atoms with E-state index in [2.05, 4.69) is 20.8 Å². The minimum absolute atomic E-state index is 0.00913. The van der Waals surface area contributed by atoms with Gasteiger partial charge in [-0.1, -0.05) is 6.07 Å². The van der Waals surface area contributed by atoms with Crippen molar-refractivity contribution >= 4 is 23.1 Å². The van der Waals surface area contributed by atoms with Crippen LogP contribution in [-0.4, -0.2) is 16.1 Å². The molecule has 0 unspecified atom stereocenters. The zero-order valence-corrected chi connectivity index (χ0v) is 13.6. The molecule has 1 amide bonds. The molecule has 2 aromatic carbocycles. The van der Waals surface area contributed by atoms with Crippen LogP contribution in [0.3, 0.4) is 0 Å². The van der Waals surface area contributed by atoms with E-state index in [9.17, 15) is 22.4 Å². The van der Waals surface area contributed by atoms with Crippen molar-refractivity contribution in [2.75, 3.05) is 10.6 Å². The van der Waals surface area contributed by atoms with E-state index in [1.165, 1.54) is 48.5 Å². The Morgan fingerprint density at radius 3 is 2.26 bits per heavy atom. The molecule has 5 nitrogen and oxygen atoms in total. The van der Waals surface area contributed by atoms with Crippen LogP contribution in [0, 0.1) is 5.82 Å². The Hall–Kier alpha value is -3.49. The van der Waals surface area contributed by atoms with Gasteiger partial charge in [0.1, 0.15) is 5.82 Å². The van der Waals surface area contributed by atoms with Gasteiger partial charge in [0.05, 0.1) is 5.56 Å². The fraction of sp³-hybridized carbons (Fsp3) is 0.0556. The van der Waals surface area contributed by atoms with Crippen LogP contribution in [0.1, 0.15) is 16.1 Å². The molecule has 1 aromatic heterocycles. The van der Waals surface area contributed by atoms with E-state index in [1.54, 1.807) is 0 Å². The first-order valence-electron chi connectivity index (χ1n) is 7.66. The molecule has 0 spiro atoms. The lowest BCUT2D eigenvalue weighted by molar-refractivity contribution is -0.137. The SMILES string of the molecule is O=C(Nc1cccc(C(F)(F)F)c1)c1ccc(Nc2ccc(F)cc2)nn1. The average molecular weight is 376 g/mol. The second kappa shape index (κ2) is 7.40. The topological polar surface area (TPSA) is 66.9 Å². The van der Waals surface area contributed by atoms with Crippen LogP contribution in [0.15, 0.2) is 60.7 Å². The summed E-state index contributed by atoms with van der Waals surface area (Å²) in [5.41, 5.74) is -0.376. The zero-order chi connectivity index (χ0) is 19.4. The summed E-state index contributed by atoms with van der Waals surface area (Å²) >= 11 is 0. The van der Waals surface area contributed by atoms with Crippen LogP contribution in [0.4, 0.5) is 34.8 Å². The highest BCUT2D eigenvalue weighted by atomic mass is 19.4. The van der Waals surface area contributed by atoms with Gasteiger partial charge in [0.25, 0.3) is 5.91 Å². The normalized spacial score (nSPS) is 11.1. The molecule has 0 aliphatic heterocycles. The van der Waals surface area contributed by atoms with Gasteiger partial charge in [-0.3, -0.25) is 4.79 Å². The van der Waals surface area contributed by atoms with Gasteiger partial charge in [0, 0.05) is 11.4 Å². The molecule has 3 rings (SSSR count). The monoisotopic (exact) mass is 376 g/mol. The van der Waals surface area contributed by atoms with E-state index >= 15 is 0 Å². The van der Waals surface area contributed by atoms with Gasteiger partial charge in [-0.15, -0.1) is 10.2 Å². The van der Waals surface area contributed by atoms with Crippen molar-refractivity contribution in [1.82, 2.24) is 10.2 Å². The van der Waals surface area contributed by atoms with Crippen LogP contribution in [0.2, 0.25) is 0 Å². The summed E-state index contributed by atoms with van der Waals surface area (Å²) in [6.07, 6.45) is -4.51. The maximum atomic E-state index is 12.9. The number of nitrogens with zero attached hydrogens (tertiary/aromatic N) is 2. The van der Waals surface area contributed by atoms with E-state index in [1.807, 2.05) is 0 Å². The van der Waals surface area contributed by atoms with Gasteiger partial charge in [-0.2, -0.15) is 13.2 Å². The van der Waals surface area contributed by atoms with Crippen molar-refractivity contribution in [1.29, 1.82) is 0 Å². The number of carbonyl (C=O) groups is 1. The Bertz CT molecular complexity index is 941. The number of aromatic nitrogens is 2. The van der Waals surface area contributed by atoms with Crippen molar-refractivity contribution in [3.8, 4) is 0 Å². The largest absolute Gasteiger partial charge is 0.416 e. The predicted molar refractivity (Wildman–Crippen MR) is 91.1 cm³/mol. The smallest absolute Gasteiger partial charge is 0.339 e. The molecule has 138 valence electrons. The quantitative estimate of drug-likeness (QED) is 0.652.